The van der Waals surface area contributed by atoms with Crippen LogP contribution in [-0.4, -0.2) is 105 Å². The summed E-state index contributed by atoms with van der Waals surface area (Å²) in [6.45, 7) is 6.04. The molecule has 2 heterocycles. The number of imide groups is 1. The molecule has 0 unspecified atom stereocenters. The van der Waals surface area contributed by atoms with E-state index in [9.17, 15) is 44.4 Å². The molecular weight excluding hydrogens is 620 g/mol. The molecule has 3 rings (SSSR count). The van der Waals surface area contributed by atoms with E-state index in [0.29, 0.717) is 50.8 Å². The maximum Gasteiger partial charge on any atom is 0.335 e. The summed E-state index contributed by atoms with van der Waals surface area (Å²) in [5.41, 5.74) is -0.217. The highest BCUT2D eigenvalue weighted by Crippen LogP contribution is 2.31. The van der Waals surface area contributed by atoms with Crippen LogP contribution in [0.1, 0.15) is 64.9 Å². The number of aliphatic hydroxyl groups is 3. The Morgan fingerprint density at radius 2 is 1.68 bits per heavy atom. The zero-order chi connectivity index (χ0) is 34.7. The van der Waals surface area contributed by atoms with E-state index in [1.807, 2.05) is 6.92 Å². The minimum atomic E-state index is -1.87. The van der Waals surface area contributed by atoms with Gasteiger partial charge in [-0.1, -0.05) is 13.3 Å². The minimum Gasteiger partial charge on any atom is -0.493 e. The number of carbonyl (C=O) groups excluding carboxylic acids is 4. The van der Waals surface area contributed by atoms with E-state index in [-0.39, 0.29) is 48.9 Å². The smallest absolute Gasteiger partial charge is 0.335 e. The van der Waals surface area contributed by atoms with Crippen molar-refractivity contribution in [3.63, 3.8) is 0 Å². The molecule has 1 saturated heterocycles. The molecule has 260 valence electrons. The number of carboxylic acid groups (broad SMARTS) is 1. The first kappa shape index (κ1) is 37.4. The Morgan fingerprint density at radius 3 is 2.34 bits per heavy atom. The zero-order valence-electron chi connectivity index (χ0n) is 26.8. The first-order valence-electron chi connectivity index (χ1n) is 15.6. The lowest BCUT2D eigenvalue weighted by molar-refractivity contribution is -0.271. The third kappa shape index (κ3) is 10.5. The van der Waals surface area contributed by atoms with Gasteiger partial charge >= 0.3 is 11.9 Å². The monoisotopic (exact) mass is 664 g/mol. The van der Waals surface area contributed by atoms with E-state index in [1.54, 1.807) is 19.9 Å². The summed E-state index contributed by atoms with van der Waals surface area (Å²) in [4.78, 5) is 60.5. The van der Waals surface area contributed by atoms with Crippen LogP contribution in [0.15, 0.2) is 30.4 Å². The largest absolute Gasteiger partial charge is 0.493 e. The quantitative estimate of drug-likeness (QED) is 0.0835. The number of nitrogens with one attached hydrogen (secondary N) is 1. The number of nitrogens with zero attached hydrogens (tertiary/aromatic N) is 1. The van der Waals surface area contributed by atoms with Crippen LogP contribution >= 0.6 is 0 Å². The molecule has 0 aliphatic carbocycles. The molecule has 1 aromatic rings. The molecule has 1 aromatic carbocycles. The van der Waals surface area contributed by atoms with Crippen molar-refractivity contribution < 1.29 is 63.3 Å². The molecule has 5 atom stereocenters. The number of carboxylic acids is 1. The summed E-state index contributed by atoms with van der Waals surface area (Å²) in [5, 5.41) is 42.5. The van der Waals surface area contributed by atoms with Crippen LogP contribution in [0.2, 0.25) is 0 Å². The van der Waals surface area contributed by atoms with Gasteiger partial charge in [0, 0.05) is 43.3 Å². The number of amides is 3. The van der Waals surface area contributed by atoms with Gasteiger partial charge in [-0.2, -0.15) is 0 Å². The van der Waals surface area contributed by atoms with Crippen LogP contribution in [-0.2, 0) is 40.1 Å². The fraction of sp³-hybridized carbons (Fsp3) is 0.594. The molecule has 0 aromatic heterocycles. The first-order chi connectivity index (χ1) is 22.2. The summed E-state index contributed by atoms with van der Waals surface area (Å²) >= 11 is 0. The normalized spacial score (nSPS) is 22.7. The molecule has 3 amide bonds. The SMILES string of the molecule is CCC(C)(C)C(=O)OCc1ccc(O[C@@H]2O[C@H](C(=O)O)[C@@H](O)[C@H](O)[C@H]2O)cc1OCCCNC(=O)CCCCCN1C(=O)C=CC1=O. The zero-order valence-corrected chi connectivity index (χ0v) is 26.8. The molecule has 2 aliphatic heterocycles. The van der Waals surface area contributed by atoms with Crippen molar-refractivity contribution in [2.24, 2.45) is 5.41 Å². The maximum atomic E-state index is 12.6. The van der Waals surface area contributed by atoms with Gasteiger partial charge in [-0.15, -0.1) is 0 Å². The summed E-state index contributed by atoms with van der Waals surface area (Å²) in [6.07, 6.45) is -3.33. The molecule has 47 heavy (non-hydrogen) atoms. The van der Waals surface area contributed by atoms with E-state index in [0.717, 1.165) is 0 Å². The standard InChI is InChI=1S/C32H44N2O13/c1-4-32(2,3)31(43)45-18-19-10-11-20(46-30-27(40)25(38)26(39)28(47-30)29(41)42)17-21(19)44-16-8-14-33-22(35)9-6-5-7-15-34-23(36)12-13-24(34)37/h10-13,17,25-28,30,38-40H,4-9,14-16,18H2,1-3H3,(H,33,35)(H,41,42)/t25-,26-,27+,28-,30+/m0/s1. The number of esters is 1. The third-order valence-corrected chi connectivity index (χ3v) is 7.99. The minimum absolute atomic E-state index is 0.0729. The number of aliphatic carboxylic acids is 1. The number of hydrogen-bond donors (Lipinski definition) is 5. The van der Waals surface area contributed by atoms with Crippen LogP contribution in [0, 0.1) is 5.41 Å². The van der Waals surface area contributed by atoms with Gasteiger partial charge < -0.3 is 44.7 Å². The van der Waals surface area contributed by atoms with Crippen LogP contribution < -0.4 is 14.8 Å². The lowest BCUT2D eigenvalue weighted by atomic mass is 9.91. The highest BCUT2D eigenvalue weighted by Gasteiger charge is 2.48. The first-order valence-corrected chi connectivity index (χ1v) is 15.6. The second kappa shape index (κ2) is 17.2. The number of benzene rings is 1. The van der Waals surface area contributed by atoms with E-state index < -0.39 is 48.1 Å². The summed E-state index contributed by atoms with van der Waals surface area (Å²) in [5.74, 6) is -2.44. The lowest BCUT2D eigenvalue weighted by Gasteiger charge is -2.38. The Labute approximate surface area is 272 Å². The average Bonchev–Trinajstić information content (AvgIpc) is 3.36. The molecule has 0 bridgehead atoms. The van der Waals surface area contributed by atoms with Crippen LogP contribution in [0.25, 0.3) is 0 Å². The van der Waals surface area contributed by atoms with Crippen molar-refractivity contribution in [3.05, 3.63) is 35.9 Å². The maximum absolute atomic E-state index is 12.6. The second-order valence-electron chi connectivity index (χ2n) is 12.0. The van der Waals surface area contributed by atoms with Crippen molar-refractivity contribution in [2.75, 3.05) is 19.7 Å². The second-order valence-corrected chi connectivity index (χ2v) is 12.0. The predicted molar refractivity (Wildman–Crippen MR) is 163 cm³/mol. The van der Waals surface area contributed by atoms with Gasteiger partial charge in [0.25, 0.3) is 11.8 Å². The molecular formula is C32H44N2O13. The molecule has 2 aliphatic rings. The van der Waals surface area contributed by atoms with Gasteiger partial charge in [-0.05, 0) is 51.7 Å². The van der Waals surface area contributed by atoms with Gasteiger partial charge in [0.1, 0.15) is 36.4 Å². The van der Waals surface area contributed by atoms with E-state index >= 15 is 0 Å². The van der Waals surface area contributed by atoms with Gasteiger partial charge in [0.2, 0.25) is 12.2 Å². The Morgan fingerprint density at radius 1 is 0.979 bits per heavy atom. The van der Waals surface area contributed by atoms with Gasteiger partial charge in [0.05, 0.1) is 12.0 Å². The van der Waals surface area contributed by atoms with Crippen molar-refractivity contribution in [3.8, 4) is 11.5 Å². The van der Waals surface area contributed by atoms with Crippen LogP contribution in [0.5, 0.6) is 11.5 Å². The topological polar surface area (TPSA) is 218 Å². The Balaban J connectivity index is 1.53. The fourth-order valence-electron chi connectivity index (χ4n) is 4.58. The van der Waals surface area contributed by atoms with E-state index in [2.05, 4.69) is 5.32 Å². The van der Waals surface area contributed by atoms with Crippen molar-refractivity contribution in [1.82, 2.24) is 10.2 Å². The van der Waals surface area contributed by atoms with E-state index in [4.69, 9.17) is 18.9 Å². The molecule has 15 heteroatoms. The van der Waals surface area contributed by atoms with Gasteiger partial charge in [-0.3, -0.25) is 24.1 Å². The third-order valence-electron chi connectivity index (χ3n) is 7.99. The number of hydrogen-bond acceptors (Lipinski definition) is 12. The average molecular weight is 665 g/mol. The summed E-state index contributed by atoms with van der Waals surface area (Å²) in [7, 11) is 0. The number of unbranched alkanes of at least 4 members (excludes halogenated alkanes) is 2. The fourth-order valence-corrected chi connectivity index (χ4v) is 4.58. The Bertz CT molecular complexity index is 1300. The van der Waals surface area contributed by atoms with Crippen molar-refractivity contribution in [2.45, 2.75) is 96.6 Å². The summed E-state index contributed by atoms with van der Waals surface area (Å²) in [6, 6.07) is 4.44. The van der Waals surface area contributed by atoms with Crippen molar-refractivity contribution >= 4 is 29.7 Å². The van der Waals surface area contributed by atoms with Crippen LogP contribution in [0.4, 0.5) is 0 Å². The lowest BCUT2D eigenvalue weighted by Crippen LogP contribution is -2.61. The molecule has 0 saturated carbocycles. The number of ether oxygens (including phenoxy) is 4. The highest BCUT2D eigenvalue weighted by molar-refractivity contribution is 6.12. The molecule has 1 fully saturated rings. The molecule has 15 nitrogen and oxygen atoms in total. The molecule has 0 radical (unpaired) electrons. The van der Waals surface area contributed by atoms with Crippen LogP contribution in [0.3, 0.4) is 0 Å². The number of rotatable bonds is 18. The summed E-state index contributed by atoms with van der Waals surface area (Å²) < 4.78 is 22.2. The molecule has 5 N–H and O–H groups in total. The van der Waals surface area contributed by atoms with Gasteiger partial charge in [0.15, 0.2) is 6.10 Å². The number of aliphatic hydroxyl groups excluding tert-OH is 3. The Hall–Kier alpha value is -4.05. The highest BCUT2D eigenvalue weighted by atomic mass is 16.7. The van der Waals surface area contributed by atoms with Crippen molar-refractivity contribution in [1.29, 1.82) is 0 Å². The van der Waals surface area contributed by atoms with E-state index in [1.165, 1.54) is 29.2 Å². The molecule has 0 spiro atoms. The Kier molecular flexibility index (Phi) is 13.7. The number of carbonyl (C=O) groups is 5. The predicted octanol–water partition coefficient (Wildman–Crippen LogP) is 0.808. The van der Waals surface area contributed by atoms with Gasteiger partial charge in [-0.25, -0.2) is 4.79 Å².